The fraction of sp³-hybridized carbons (Fsp3) is 0.222. The van der Waals surface area contributed by atoms with Crippen LogP contribution in [0.3, 0.4) is 0 Å². The second kappa shape index (κ2) is 8.38. The lowest BCUT2D eigenvalue weighted by Gasteiger charge is -2.22. The van der Waals surface area contributed by atoms with Crippen molar-refractivity contribution in [3.05, 3.63) is 84.2 Å². The van der Waals surface area contributed by atoms with E-state index in [1.54, 1.807) is 12.1 Å². The molecule has 1 fully saturated rings. The molecule has 1 aromatic heterocycles. The third-order valence-electron chi connectivity index (χ3n) is 6.04. The number of carbonyl (C=O) groups excluding carboxylic acids is 1. The van der Waals surface area contributed by atoms with Crippen LogP contribution in [0.25, 0.3) is 33.4 Å². The predicted molar refractivity (Wildman–Crippen MR) is 121 cm³/mol. The Labute approximate surface area is 180 Å². The standard InChI is InChI=1S/C27H24FNO2/c28-23-12-9-18(10-13-23)26-17-22-16-20(11-14-25(22)31-26)19-5-4-6-21(15-19)27(30)29-24-7-2-1-3-8-24/h4-6,9-17,24H,1-3,7-8H2,(H,29,30). The van der Waals surface area contributed by atoms with Crippen molar-refractivity contribution < 1.29 is 13.6 Å². The van der Waals surface area contributed by atoms with Crippen molar-refractivity contribution >= 4 is 16.9 Å². The van der Waals surface area contributed by atoms with Gasteiger partial charge in [0.2, 0.25) is 0 Å². The van der Waals surface area contributed by atoms with Crippen molar-refractivity contribution in [3.8, 4) is 22.5 Å². The maximum atomic E-state index is 13.2. The van der Waals surface area contributed by atoms with Crippen LogP contribution in [0.1, 0.15) is 42.5 Å². The monoisotopic (exact) mass is 413 g/mol. The van der Waals surface area contributed by atoms with Crippen molar-refractivity contribution in [3.63, 3.8) is 0 Å². The molecule has 156 valence electrons. The molecule has 0 radical (unpaired) electrons. The SMILES string of the molecule is O=C(NC1CCCCC1)c1cccc(-c2ccc3oc(-c4ccc(F)cc4)cc3c2)c1. The maximum Gasteiger partial charge on any atom is 0.251 e. The molecule has 4 heteroatoms. The number of halogens is 1. The van der Waals surface area contributed by atoms with Gasteiger partial charge >= 0.3 is 0 Å². The van der Waals surface area contributed by atoms with Gasteiger partial charge in [-0.15, -0.1) is 0 Å². The van der Waals surface area contributed by atoms with Gasteiger partial charge in [-0.3, -0.25) is 4.79 Å². The molecule has 3 nitrogen and oxygen atoms in total. The number of carbonyl (C=O) groups is 1. The number of hydrogen-bond donors (Lipinski definition) is 1. The van der Waals surface area contributed by atoms with Gasteiger partial charge in [-0.25, -0.2) is 4.39 Å². The molecule has 1 aliphatic carbocycles. The van der Waals surface area contributed by atoms with Crippen LogP contribution >= 0.6 is 0 Å². The molecule has 1 aliphatic rings. The number of furan rings is 1. The summed E-state index contributed by atoms with van der Waals surface area (Å²) in [6, 6.07) is 22.3. The van der Waals surface area contributed by atoms with Crippen LogP contribution < -0.4 is 5.32 Å². The summed E-state index contributed by atoms with van der Waals surface area (Å²) in [5.74, 6) is 0.430. The number of nitrogens with one attached hydrogen (secondary N) is 1. The van der Waals surface area contributed by atoms with Gasteiger partial charge in [0.1, 0.15) is 17.2 Å². The average Bonchev–Trinajstić information content (AvgIpc) is 3.24. The highest BCUT2D eigenvalue weighted by molar-refractivity contribution is 5.96. The molecule has 0 atom stereocenters. The minimum atomic E-state index is -0.269. The normalized spacial score (nSPS) is 14.6. The Kier molecular flexibility index (Phi) is 5.29. The minimum absolute atomic E-state index is 0.00302. The van der Waals surface area contributed by atoms with Crippen LogP contribution in [-0.4, -0.2) is 11.9 Å². The molecular weight excluding hydrogens is 389 g/mol. The van der Waals surface area contributed by atoms with Crippen LogP contribution in [0.5, 0.6) is 0 Å². The third-order valence-corrected chi connectivity index (χ3v) is 6.04. The van der Waals surface area contributed by atoms with Gasteiger partial charge in [-0.2, -0.15) is 0 Å². The molecule has 1 saturated carbocycles. The van der Waals surface area contributed by atoms with E-state index >= 15 is 0 Å². The molecule has 0 unspecified atom stereocenters. The zero-order chi connectivity index (χ0) is 21.2. The van der Waals surface area contributed by atoms with E-state index in [0.29, 0.717) is 11.3 Å². The first-order chi connectivity index (χ1) is 15.2. The molecule has 0 spiro atoms. The summed E-state index contributed by atoms with van der Waals surface area (Å²) in [6.07, 6.45) is 5.78. The molecule has 0 saturated heterocycles. The van der Waals surface area contributed by atoms with Gasteiger partial charge in [0, 0.05) is 22.6 Å². The summed E-state index contributed by atoms with van der Waals surface area (Å²) < 4.78 is 19.2. The molecule has 1 N–H and O–H groups in total. The van der Waals surface area contributed by atoms with Crippen molar-refractivity contribution in [1.82, 2.24) is 5.32 Å². The summed E-state index contributed by atoms with van der Waals surface area (Å²) in [4.78, 5) is 12.7. The van der Waals surface area contributed by atoms with Crippen molar-refractivity contribution in [2.24, 2.45) is 0 Å². The highest BCUT2D eigenvalue weighted by atomic mass is 19.1. The third kappa shape index (κ3) is 4.24. The highest BCUT2D eigenvalue weighted by Gasteiger charge is 2.17. The molecule has 0 aliphatic heterocycles. The fourth-order valence-electron chi connectivity index (χ4n) is 4.33. The number of fused-ring (bicyclic) bond motifs is 1. The van der Waals surface area contributed by atoms with E-state index in [9.17, 15) is 9.18 Å². The summed E-state index contributed by atoms with van der Waals surface area (Å²) >= 11 is 0. The second-order valence-corrected chi connectivity index (χ2v) is 8.26. The van der Waals surface area contributed by atoms with Gasteiger partial charge in [0.15, 0.2) is 0 Å². The van der Waals surface area contributed by atoms with Gasteiger partial charge < -0.3 is 9.73 Å². The molecular formula is C27H24FNO2. The molecule has 1 heterocycles. The van der Waals surface area contributed by atoms with Crippen LogP contribution in [-0.2, 0) is 0 Å². The van der Waals surface area contributed by atoms with Gasteiger partial charge in [-0.1, -0.05) is 37.5 Å². The Balaban J connectivity index is 1.40. The largest absolute Gasteiger partial charge is 0.456 e. The van der Waals surface area contributed by atoms with Crippen LogP contribution in [0.2, 0.25) is 0 Å². The van der Waals surface area contributed by atoms with E-state index in [0.717, 1.165) is 40.5 Å². The first kappa shape index (κ1) is 19.6. The number of rotatable bonds is 4. The molecule has 5 rings (SSSR count). The number of hydrogen-bond acceptors (Lipinski definition) is 2. The average molecular weight is 413 g/mol. The summed E-state index contributed by atoms with van der Waals surface area (Å²) in [6.45, 7) is 0. The van der Waals surface area contributed by atoms with Crippen LogP contribution in [0.15, 0.2) is 77.2 Å². The van der Waals surface area contributed by atoms with E-state index < -0.39 is 0 Å². The van der Waals surface area contributed by atoms with Crippen molar-refractivity contribution in [2.75, 3.05) is 0 Å². The lowest BCUT2D eigenvalue weighted by atomic mass is 9.95. The predicted octanol–water partition coefficient (Wildman–Crippen LogP) is 6.97. The zero-order valence-electron chi connectivity index (χ0n) is 17.2. The zero-order valence-corrected chi connectivity index (χ0v) is 17.2. The Hall–Kier alpha value is -3.40. The second-order valence-electron chi connectivity index (χ2n) is 8.26. The number of amides is 1. The lowest BCUT2D eigenvalue weighted by molar-refractivity contribution is 0.0927. The Bertz CT molecular complexity index is 1220. The van der Waals surface area contributed by atoms with E-state index in [2.05, 4.69) is 11.4 Å². The maximum absolute atomic E-state index is 13.2. The first-order valence-corrected chi connectivity index (χ1v) is 10.9. The molecule has 0 bridgehead atoms. The molecule has 1 amide bonds. The lowest BCUT2D eigenvalue weighted by Crippen LogP contribution is -2.36. The van der Waals surface area contributed by atoms with Crippen LogP contribution in [0.4, 0.5) is 4.39 Å². The number of benzene rings is 3. The molecule has 31 heavy (non-hydrogen) atoms. The quantitative estimate of drug-likeness (QED) is 0.393. The molecule has 3 aromatic carbocycles. The Morgan fingerprint density at radius 3 is 2.39 bits per heavy atom. The van der Waals surface area contributed by atoms with E-state index in [1.165, 1.54) is 31.4 Å². The van der Waals surface area contributed by atoms with Gasteiger partial charge in [0.25, 0.3) is 5.91 Å². The van der Waals surface area contributed by atoms with E-state index in [4.69, 9.17) is 4.42 Å². The van der Waals surface area contributed by atoms with Crippen molar-refractivity contribution in [1.29, 1.82) is 0 Å². The Morgan fingerprint density at radius 2 is 1.58 bits per heavy atom. The summed E-state index contributed by atoms with van der Waals surface area (Å²) in [7, 11) is 0. The fourth-order valence-corrected chi connectivity index (χ4v) is 4.33. The minimum Gasteiger partial charge on any atom is -0.456 e. The van der Waals surface area contributed by atoms with Gasteiger partial charge in [-0.05, 0) is 78.6 Å². The first-order valence-electron chi connectivity index (χ1n) is 10.9. The van der Waals surface area contributed by atoms with Gasteiger partial charge in [0.05, 0.1) is 0 Å². The molecule has 4 aromatic rings. The topological polar surface area (TPSA) is 42.2 Å². The summed E-state index contributed by atoms with van der Waals surface area (Å²) in [5, 5.41) is 4.15. The summed E-state index contributed by atoms with van der Waals surface area (Å²) in [5.41, 5.74) is 4.30. The van der Waals surface area contributed by atoms with Crippen molar-refractivity contribution in [2.45, 2.75) is 38.1 Å². The van der Waals surface area contributed by atoms with E-state index in [-0.39, 0.29) is 17.8 Å². The smallest absolute Gasteiger partial charge is 0.251 e. The van der Waals surface area contributed by atoms with Crippen LogP contribution in [0, 0.1) is 5.82 Å². The Morgan fingerprint density at radius 1 is 0.839 bits per heavy atom. The highest BCUT2D eigenvalue weighted by Crippen LogP contribution is 2.31. The van der Waals surface area contributed by atoms with E-state index in [1.807, 2.05) is 42.5 Å².